The fourth-order valence-electron chi connectivity index (χ4n) is 9.79. The Morgan fingerprint density at radius 2 is 1.54 bits per heavy atom. The van der Waals surface area contributed by atoms with Gasteiger partial charge in [0.25, 0.3) is 13.9 Å². The van der Waals surface area contributed by atoms with Crippen molar-refractivity contribution in [3.05, 3.63) is 142 Å². The van der Waals surface area contributed by atoms with Crippen molar-refractivity contribution in [1.29, 1.82) is 0 Å². The predicted octanol–water partition coefficient (Wildman–Crippen LogP) is 7.44. The van der Waals surface area contributed by atoms with Crippen molar-refractivity contribution in [3.63, 3.8) is 0 Å². The number of likely N-dealkylation sites (tertiary alicyclic amines) is 1. The molecular weight excluding hydrogens is 744 g/mol. The molecule has 2 amide bonds. The molecule has 2 aliphatic heterocycles. The molecule has 0 unspecified atom stereocenters. The van der Waals surface area contributed by atoms with Crippen LogP contribution in [0.1, 0.15) is 76.5 Å². The number of piperazine rings is 1. The molecule has 2 aromatic heterocycles. The van der Waals surface area contributed by atoms with Crippen LogP contribution >= 0.6 is 0 Å². The normalized spacial score (nSPS) is 20.4. The number of fused-ring (bicyclic) bond motifs is 1. The van der Waals surface area contributed by atoms with Gasteiger partial charge in [0.1, 0.15) is 23.1 Å². The summed E-state index contributed by atoms with van der Waals surface area (Å²) in [4.78, 5) is 38.7. The van der Waals surface area contributed by atoms with Gasteiger partial charge in [-0.25, -0.2) is 22.9 Å². The SMILES string of the molecule is CC(C)(C)[Si](O[C@@H]1CCN(C(=O)N2CCN(Cc3cnc4ccc(F)cn4c3=O)C3(CCCC3)C2)[C@H](c2cc(F)ccc2F)C1)(c1ccccc1)c1ccccc1. The largest absolute Gasteiger partial charge is 0.404 e. The van der Waals surface area contributed by atoms with Gasteiger partial charge in [-0.2, -0.15) is 0 Å². The second-order valence-corrected chi connectivity index (χ2v) is 21.3. The first-order chi connectivity index (χ1) is 27.4. The van der Waals surface area contributed by atoms with Gasteiger partial charge in [-0.3, -0.25) is 14.1 Å². The number of amides is 2. The smallest absolute Gasteiger partial charge is 0.320 e. The number of benzene rings is 3. The van der Waals surface area contributed by atoms with Crippen LogP contribution in [-0.2, 0) is 11.0 Å². The molecule has 8 rings (SSSR count). The number of hydrogen-bond donors (Lipinski definition) is 0. The third-order valence-corrected chi connectivity index (χ3v) is 17.7. The molecule has 1 saturated carbocycles. The zero-order valence-corrected chi connectivity index (χ0v) is 33.8. The Hall–Kier alpha value is -4.78. The van der Waals surface area contributed by atoms with Crippen molar-refractivity contribution in [2.75, 3.05) is 26.2 Å². The Bertz CT molecular complexity index is 2260. The van der Waals surface area contributed by atoms with Crippen LogP contribution in [0.5, 0.6) is 0 Å². The molecule has 0 bridgehead atoms. The molecule has 5 aromatic rings. The Kier molecular flexibility index (Phi) is 10.6. The summed E-state index contributed by atoms with van der Waals surface area (Å²) >= 11 is 0. The molecule has 1 aliphatic carbocycles. The van der Waals surface area contributed by atoms with Crippen molar-refractivity contribution in [2.45, 2.75) is 88.6 Å². The molecule has 3 fully saturated rings. The maximum Gasteiger partial charge on any atom is 0.320 e. The highest BCUT2D eigenvalue weighted by Gasteiger charge is 2.53. The van der Waals surface area contributed by atoms with Crippen molar-refractivity contribution in [3.8, 4) is 0 Å². The molecule has 4 heterocycles. The fourth-order valence-corrected chi connectivity index (χ4v) is 14.5. The topological polar surface area (TPSA) is 70.4 Å². The summed E-state index contributed by atoms with van der Waals surface area (Å²) in [5.41, 5.74) is 0.310. The van der Waals surface area contributed by atoms with Crippen molar-refractivity contribution in [2.24, 2.45) is 0 Å². The summed E-state index contributed by atoms with van der Waals surface area (Å²) in [6.07, 6.45) is 6.92. The number of carbonyl (C=O) groups is 1. The molecular formula is C45H50F3N5O3Si. The van der Waals surface area contributed by atoms with Crippen molar-refractivity contribution in [1.82, 2.24) is 24.1 Å². The highest BCUT2D eigenvalue weighted by atomic mass is 28.4. The van der Waals surface area contributed by atoms with E-state index in [0.29, 0.717) is 56.8 Å². The first-order valence-electron chi connectivity index (χ1n) is 20.1. The van der Waals surface area contributed by atoms with E-state index in [-0.39, 0.29) is 33.8 Å². The van der Waals surface area contributed by atoms with Gasteiger partial charge in [-0.15, -0.1) is 0 Å². The summed E-state index contributed by atoms with van der Waals surface area (Å²) in [6, 6.07) is 26.0. The van der Waals surface area contributed by atoms with Crippen LogP contribution in [0.15, 0.2) is 108 Å². The zero-order chi connectivity index (χ0) is 40.0. The van der Waals surface area contributed by atoms with Gasteiger partial charge in [-0.1, -0.05) is 94.3 Å². The third-order valence-electron chi connectivity index (χ3n) is 12.6. The molecule has 298 valence electrons. The first-order valence-corrected chi connectivity index (χ1v) is 22.0. The number of hydrogen-bond acceptors (Lipinski definition) is 5. The number of aromatic nitrogens is 2. The lowest BCUT2D eigenvalue weighted by molar-refractivity contribution is -0.00720. The lowest BCUT2D eigenvalue weighted by Gasteiger charge is -2.52. The lowest BCUT2D eigenvalue weighted by atomic mass is 9.90. The molecule has 3 aliphatic rings. The molecule has 12 heteroatoms. The monoisotopic (exact) mass is 793 g/mol. The minimum absolute atomic E-state index is 0.147. The van der Waals surface area contributed by atoms with Gasteiger partial charge < -0.3 is 14.2 Å². The average Bonchev–Trinajstić information content (AvgIpc) is 3.68. The number of pyridine rings is 1. The molecule has 57 heavy (non-hydrogen) atoms. The Labute approximate surface area is 333 Å². The standard InChI is InChI=1S/C45H50F3N5O3Si/c1-44(2,3)57(36-12-6-4-7-13-36,37-14-8-5-9-15-37)56-35-20-23-52(40(27-35)38-26-33(46)16-18-39(38)48)43(55)50-24-25-51(45(31-50)21-10-11-22-45)29-32-28-49-41-19-17-34(47)30-53(41)42(32)54/h4-9,12-19,26,28,30,35,40H,10-11,20-25,27,29,31H2,1-3H3/t35-,40+/m1/s1. The van der Waals surface area contributed by atoms with Crippen LogP contribution in [0.3, 0.4) is 0 Å². The zero-order valence-electron chi connectivity index (χ0n) is 32.8. The molecule has 1 spiro atoms. The highest BCUT2D eigenvalue weighted by Crippen LogP contribution is 2.43. The Morgan fingerprint density at radius 3 is 2.21 bits per heavy atom. The Morgan fingerprint density at radius 1 is 0.877 bits per heavy atom. The minimum atomic E-state index is -2.99. The van der Waals surface area contributed by atoms with Gasteiger partial charge in [-0.05, 0) is 71.4 Å². The highest BCUT2D eigenvalue weighted by molar-refractivity contribution is 6.99. The van der Waals surface area contributed by atoms with Crippen LogP contribution in [-0.4, -0.2) is 76.3 Å². The van der Waals surface area contributed by atoms with Gasteiger partial charge in [0.05, 0.1) is 11.6 Å². The van der Waals surface area contributed by atoms with Crippen LogP contribution < -0.4 is 15.9 Å². The van der Waals surface area contributed by atoms with Gasteiger partial charge >= 0.3 is 6.03 Å². The van der Waals surface area contributed by atoms with E-state index in [9.17, 15) is 18.4 Å². The van der Waals surface area contributed by atoms with Crippen molar-refractivity contribution >= 4 is 30.4 Å². The van der Waals surface area contributed by atoms with E-state index in [0.717, 1.165) is 54.4 Å². The number of nitrogens with zero attached hydrogens (tertiary/aromatic N) is 5. The second-order valence-electron chi connectivity index (χ2n) is 17.0. The summed E-state index contributed by atoms with van der Waals surface area (Å²) in [6.45, 7) is 8.64. The molecule has 2 atom stereocenters. The summed E-state index contributed by atoms with van der Waals surface area (Å²) in [5.74, 6) is -1.63. The maximum absolute atomic E-state index is 15.9. The van der Waals surface area contributed by atoms with E-state index in [1.165, 1.54) is 22.6 Å². The van der Waals surface area contributed by atoms with E-state index in [1.54, 1.807) is 11.1 Å². The molecule has 3 aromatic carbocycles. The molecule has 8 nitrogen and oxygen atoms in total. The number of urea groups is 1. The van der Waals surface area contributed by atoms with E-state index < -0.39 is 31.8 Å². The maximum atomic E-state index is 15.9. The van der Waals surface area contributed by atoms with Crippen LogP contribution in [0.25, 0.3) is 5.65 Å². The van der Waals surface area contributed by atoms with Gasteiger partial charge in [0, 0.05) is 62.3 Å². The van der Waals surface area contributed by atoms with Crippen LogP contribution in [0, 0.1) is 17.5 Å². The molecule has 0 radical (unpaired) electrons. The number of halogens is 3. The lowest BCUT2D eigenvalue weighted by Crippen LogP contribution is -2.68. The number of carbonyl (C=O) groups excluding carboxylic acids is 1. The van der Waals surface area contributed by atoms with Crippen LogP contribution in [0.4, 0.5) is 18.0 Å². The summed E-state index contributed by atoms with van der Waals surface area (Å²) < 4.78 is 53.7. The number of rotatable bonds is 7. The summed E-state index contributed by atoms with van der Waals surface area (Å²) in [5, 5.41) is 1.97. The van der Waals surface area contributed by atoms with Gasteiger partial charge in [0.2, 0.25) is 0 Å². The quantitative estimate of drug-likeness (QED) is 0.160. The second kappa shape index (κ2) is 15.5. The molecule has 2 saturated heterocycles. The average molecular weight is 794 g/mol. The molecule has 0 N–H and O–H groups in total. The third kappa shape index (κ3) is 7.32. The number of piperidine rings is 1. The van der Waals surface area contributed by atoms with E-state index in [4.69, 9.17) is 4.43 Å². The van der Waals surface area contributed by atoms with Gasteiger partial charge in [0.15, 0.2) is 0 Å². The predicted molar refractivity (Wildman–Crippen MR) is 218 cm³/mol. The Balaban J connectivity index is 1.09. The first kappa shape index (κ1) is 39.1. The van der Waals surface area contributed by atoms with Crippen LogP contribution in [0.2, 0.25) is 5.04 Å². The van der Waals surface area contributed by atoms with Crippen molar-refractivity contribution < 1.29 is 22.4 Å². The summed E-state index contributed by atoms with van der Waals surface area (Å²) in [7, 11) is -2.99. The fraction of sp³-hybridized carbons (Fsp3) is 0.400. The van der Waals surface area contributed by atoms with E-state index in [2.05, 4.69) is 54.9 Å². The van der Waals surface area contributed by atoms with E-state index >= 15 is 4.39 Å². The van der Waals surface area contributed by atoms with E-state index in [1.807, 2.05) is 41.3 Å². The minimum Gasteiger partial charge on any atom is -0.404 e.